The van der Waals surface area contributed by atoms with Crippen molar-refractivity contribution in [1.82, 2.24) is 0 Å². The Labute approximate surface area is 125 Å². The maximum atomic E-state index is 4.93. The Bertz CT molecular complexity index is 416. The number of rotatable bonds is 1. The zero-order chi connectivity index (χ0) is 13.0. The van der Waals surface area contributed by atoms with E-state index in [1.807, 2.05) is 0 Å². The fraction of sp³-hybridized carbons (Fsp3) is 0.385. The van der Waals surface area contributed by atoms with Crippen molar-refractivity contribution in [1.29, 1.82) is 0 Å². The van der Waals surface area contributed by atoms with Crippen molar-refractivity contribution in [3.05, 3.63) is 40.5 Å². The van der Waals surface area contributed by atoms with Crippen molar-refractivity contribution in [2.45, 2.75) is 32.5 Å². The summed E-state index contributed by atoms with van der Waals surface area (Å²) in [6.45, 7) is 9.30. The van der Waals surface area contributed by atoms with Crippen LogP contribution >= 0.6 is 17.0 Å². The van der Waals surface area contributed by atoms with Gasteiger partial charge in [-0.3, -0.25) is 0 Å². The van der Waals surface area contributed by atoms with E-state index in [-0.39, 0.29) is 8.80 Å². The van der Waals surface area contributed by atoms with Gasteiger partial charge < -0.3 is 0 Å². The molecule has 4 heteroatoms. The summed E-state index contributed by atoms with van der Waals surface area (Å²) < 4.78 is 0. The monoisotopic (exact) mass is 361 g/mol. The fourth-order valence-electron chi connectivity index (χ4n) is 2.47. The van der Waals surface area contributed by atoms with Gasteiger partial charge in [0.25, 0.3) is 0 Å². The van der Waals surface area contributed by atoms with Crippen LogP contribution in [0.25, 0.3) is 6.08 Å². The number of hydrogen-bond acceptors (Lipinski definition) is 0. The Morgan fingerprint density at radius 1 is 1.18 bits per heavy atom. The molecule has 0 saturated heterocycles. The summed E-state index contributed by atoms with van der Waals surface area (Å²) in [5.74, 6) is 0. The van der Waals surface area contributed by atoms with E-state index in [0.29, 0.717) is 0 Å². The van der Waals surface area contributed by atoms with E-state index in [1.165, 1.54) is 11.1 Å². The van der Waals surface area contributed by atoms with E-state index in [2.05, 4.69) is 51.2 Å². The first-order valence-corrected chi connectivity index (χ1v) is 14.5. The number of aryl methyl sites for hydroxylation is 1. The van der Waals surface area contributed by atoms with Gasteiger partial charge in [-0.05, 0) is 36.1 Å². The molecule has 91 valence electrons. The molecule has 0 N–H and O–H groups in total. The summed E-state index contributed by atoms with van der Waals surface area (Å²) >= 11 is -0.826. The fourth-order valence-corrected chi connectivity index (χ4v) is 4.34. The van der Waals surface area contributed by atoms with E-state index in [4.69, 9.17) is 17.0 Å². The van der Waals surface area contributed by atoms with Crippen molar-refractivity contribution in [2.75, 3.05) is 0 Å². The Balaban J connectivity index is 0.000000437. The van der Waals surface area contributed by atoms with Gasteiger partial charge in [-0.25, -0.2) is 0 Å². The molecule has 1 aromatic rings. The Kier molecular flexibility index (Phi) is 6.72. The zero-order valence-corrected chi connectivity index (χ0v) is 15.6. The SMILES string of the molecule is CC1=Cc2c(C)cccc2C1[Si](C)C.[Cl][Zr][Cl]. The number of hydrogen-bond donors (Lipinski definition) is 0. The van der Waals surface area contributed by atoms with Gasteiger partial charge in [-0.1, -0.05) is 42.9 Å². The summed E-state index contributed by atoms with van der Waals surface area (Å²) in [5.41, 5.74) is 6.79. The van der Waals surface area contributed by atoms with Crippen LogP contribution in [0.15, 0.2) is 23.8 Å². The summed E-state index contributed by atoms with van der Waals surface area (Å²) in [4.78, 5) is 0. The second-order valence-electron chi connectivity index (χ2n) is 4.55. The van der Waals surface area contributed by atoms with Gasteiger partial charge in [0.05, 0.1) is 8.80 Å². The number of fused-ring (bicyclic) bond motifs is 1. The molecule has 0 aliphatic heterocycles. The third kappa shape index (κ3) is 3.80. The molecule has 0 spiro atoms. The van der Waals surface area contributed by atoms with Crippen LogP contribution < -0.4 is 0 Å². The normalized spacial score (nSPS) is 17.1. The van der Waals surface area contributed by atoms with Gasteiger partial charge in [0, 0.05) is 0 Å². The average Bonchev–Trinajstić information content (AvgIpc) is 2.57. The first kappa shape index (κ1) is 15.7. The molecular weight excluding hydrogens is 346 g/mol. The number of benzene rings is 1. The van der Waals surface area contributed by atoms with Crippen molar-refractivity contribution >= 4 is 31.9 Å². The molecule has 0 aromatic heterocycles. The van der Waals surface area contributed by atoms with Crippen molar-refractivity contribution < 1.29 is 20.8 Å². The van der Waals surface area contributed by atoms with Gasteiger partial charge in [-0.15, -0.1) is 0 Å². The molecule has 0 nitrogen and oxygen atoms in total. The summed E-state index contributed by atoms with van der Waals surface area (Å²) in [6.07, 6.45) is 2.38. The molecule has 1 radical (unpaired) electrons. The Hall–Kier alpha value is 0.640. The van der Waals surface area contributed by atoms with Gasteiger partial charge in [-0.2, -0.15) is 0 Å². The van der Waals surface area contributed by atoms with Crippen molar-refractivity contribution in [3.8, 4) is 0 Å². The van der Waals surface area contributed by atoms with E-state index in [1.54, 1.807) is 11.1 Å². The molecule has 1 aliphatic rings. The van der Waals surface area contributed by atoms with Gasteiger partial charge in [0.1, 0.15) is 0 Å². The Morgan fingerprint density at radius 3 is 2.29 bits per heavy atom. The van der Waals surface area contributed by atoms with Gasteiger partial charge in [0.15, 0.2) is 0 Å². The van der Waals surface area contributed by atoms with Crippen LogP contribution in [0.3, 0.4) is 0 Å². The van der Waals surface area contributed by atoms with Crippen LogP contribution in [-0.2, 0) is 20.8 Å². The first-order chi connectivity index (χ1) is 8.02. The zero-order valence-electron chi connectivity index (χ0n) is 10.6. The molecular formula is C13H17Cl2SiZr. The van der Waals surface area contributed by atoms with Crippen LogP contribution in [0.5, 0.6) is 0 Å². The third-order valence-corrected chi connectivity index (χ3v) is 4.99. The van der Waals surface area contributed by atoms with E-state index >= 15 is 0 Å². The minimum atomic E-state index is -0.826. The standard InChI is InChI=1S/C13H17Si.2ClH.Zr/c1-9-6-5-7-11-12(9)8-10(2)13(11)14(3)4;;;/h5-8,13H,1-4H3;2*1H;/q;;;+2/p-2. The molecule has 0 heterocycles. The first-order valence-electron chi connectivity index (χ1n) is 5.57. The Morgan fingerprint density at radius 2 is 1.76 bits per heavy atom. The molecule has 1 unspecified atom stereocenters. The number of allylic oxidation sites excluding steroid dienone is 1. The van der Waals surface area contributed by atoms with E-state index in [0.717, 1.165) is 5.54 Å². The molecule has 1 atom stereocenters. The molecule has 0 bridgehead atoms. The van der Waals surface area contributed by atoms with Gasteiger partial charge >= 0.3 is 37.9 Å². The minimum absolute atomic E-state index is 0.258. The van der Waals surface area contributed by atoms with Crippen LogP contribution in [0, 0.1) is 6.92 Å². The predicted octanol–water partition coefficient (Wildman–Crippen LogP) is 5.17. The summed E-state index contributed by atoms with van der Waals surface area (Å²) in [7, 11) is 9.61. The van der Waals surface area contributed by atoms with Gasteiger partial charge in [0.2, 0.25) is 0 Å². The van der Waals surface area contributed by atoms with Crippen molar-refractivity contribution in [2.24, 2.45) is 0 Å². The predicted molar refractivity (Wildman–Crippen MR) is 76.8 cm³/mol. The van der Waals surface area contributed by atoms with E-state index < -0.39 is 20.8 Å². The van der Waals surface area contributed by atoms with Crippen LogP contribution in [-0.4, -0.2) is 8.80 Å². The third-order valence-electron chi connectivity index (χ3n) is 3.07. The van der Waals surface area contributed by atoms with Crippen molar-refractivity contribution in [3.63, 3.8) is 0 Å². The second-order valence-corrected chi connectivity index (χ2v) is 11.0. The molecule has 2 rings (SSSR count). The summed E-state index contributed by atoms with van der Waals surface area (Å²) in [5, 5.41) is 0. The topological polar surface area (TPSA) is 0 Å². The molecule has 0 fully saturated rings. The molecule has 17 heavy (non-hydrogen) atoms. The number of halogens is 2. The molecule has 1 aromatic carbocycles. The van der Waals surface area contributed by atoms with E-state index in [9.17, 15) is 0 Å². The van der Waals surface area contributed by atoms with Crippen LogP contribution in [0.4, 0.5) is 0 Å². The molecule has 1 aliphatic carbocycles. The maximum absolute atomic E-state index is 4.93. The molecule has 0 saturated carbocycles. The molecule has 0 amide bonds. The summed E-state index contributed by atoms with van der Waals surface area (Å²) in [6, 6.07) is 6.71. The van der Waals surface area contributed by atoms with Crippen LogP contribution in [0.1, 0.15) is 29.2 Å². The van der Waals surface area contributed by atoms with Crippen LogP contribution in [0.2, 0.25) is 13.1 Å². The quantitative estimate of drug-likeness (QED) is 0.604. The average molecular weight is 363 g/mol. The second kappa shape index (κ2) is 7.28.